The SMILES string of the molecule is N[C@@H]1CCC[C@H]1OCC(=O)N1CCN(c2ncc(C(F)(F)F)cn2)CC1. The minimum atomic E-state index is -4.45. The van der Waals surface area contributed by atoms with Gasteiger partial charge < -0.3 is 20.3 Å². The van der Waals surface area contributed by atoms with Crippen LogP contribution in [-0.2, 0) is 15.7 Å². The third kappa shape index (κ3) is 4.42. The molecule has 1 aromatic heterocycles. The number of nitrogens with two attached hydrogens (primary N) is 1. The van der Waals surface area contributed by atoms with Gasteiger partial charge in [0, 0.05) is 44.6 Å². The number of hydrogen-bond donors (Lipinski definition) is 1. The van der Waals surface area contributed by atoms with Crippen molar-refractivity contribution in [3.63, 3.8) is 0 Å². The van der Waals surface area contributed by atoms with Crippen LogP contribution in [0.5, 0.6) is 0 Å². The van der Waals surface area contributed by atoms with Crippen LogP contribution in [0.15, 0.2) is 12.4 Å². The van der Waals surface area contributed by atoms with E-state index in [9.17, 15) is 18.0 Å². The van der Waals surface area contributed by atoms with Crippen molar-refractivity contribution < 1.29 is 22.7 Å². The second kappa shape index (κ2) is 7.75. The summed E-state index contributed by atoms with van der Waals surface area (Å²) in [5.41, 5.74) is 5.05. The van der Waals surface area contributed by atoms with Crippen molar-refractivity contribution >= 4 is 11.9 Å². The van der Waals surface area contributed by atoms with Crippen LogP contribution in [0.1, 0.15) is 24.8 Å². The summed E-state index contributed by atoms with van der Waals surface area (Å²) in [7, 11) is 0. The third-order valence-electron chi connectivity index (χ3n) is 4.81. The van der Waals surface area contributed by atoms with Crippen LogP contribution < -0.4 is 10.6 Å². The zero-order chi connectivity index (χ0) is 18.7. The lowest BCUT2D eigenvalue weighted by Gasteiger charge is -2.35. The molecule has 1 saturated carbocycles. The second-order valence-electron chi connectivity index (χ2n) is 6.58. The van der Waals surface area contributed by atoms with Crippen LogP contribution >= 0.6 is 0 Å². The summed E-state index contributed by atoms with van der Waals surface area (Å²) >= 11 is 0. The van der Waals surface area contributed by atoms with Crippen LogP contribution in [0.25, 0.3) is 0 Å². The molecule has 1 amide bonds. The highest BCUT2D eigenvalue weighted by molar-refractivity contribution is 5.77. The van der Waals surface area contributed by atoms with E-state index in [0.29, 0.717) is 26.2 Å². The zero-order valence-electron chi connectivity index (χ0n) is 14.3. The number of carbonyl (C=O) groups excluding carboxylic acids is 1. The first-order valence-electron chi connectivity index (χ1n) is 8.64. The summed E-state index contributed by atoms with van der Waals surface area (Å²) in [6.07, 6.45) is -0.132. The average molecular weight is 373 g/mol. The van der Waals surface area contributed by atoms with Crippen molar-refractivity contribution in [2.75, 3.05) is 37.7 Å². The molecular weight excluding hydrogens is 351 g/mol. The molecule has 1 saturated heterocycles. The van der Waals surface area contributed by atoms with Gasteiger partial charge in [-0.2, -0.15) is 13.2 Å². The lowest BCUT2D eigenvalue weighted by molar-refractivity contribution is -0.139. The van der Waals surface area contributed by atoms with E-state index >= 15 is 0 Å². The number of halogens is 3. The fourth-order valence-electron chi connectivity index (χ4n) is 3.22. The van der Waals surface area contributed by atoms with Crippen molar-refractivity contribution in [3.8, 4) is 0 Å². The molecule has 0 unspecified atom stereocenters. The van der Waals surface area contributed by atoms with Crippen molar-refractivity contribution in [1.29, 1.82) is 0 Å². The Kier molecular flexibility index (Phi) is 5.61. The molecule has 10 heteroatoms. The first-order chi connectivity index (χ1) is 12.3. The summed E-state index contributed by atoms with van der Waals surface area (Å²) in [5, 5.41) is 0. The molecule has 2 atom stereocenters. The zero-order valence-corrected chi connectivity index (χ0v) is 14.3. The van der Waals surface area contributed by atoms with Crippen molar-refractivity contribution in [2.45, 2.75) is 37.6 Å². The van der Waals surface area contributed by atoms with Crippen LogP contribution in [0.3, 0.4) is 0 Å². The van der Waals surface area contributed by atoms with Gasteiger partial charge in [-0.3, -0.25) is 4.79 Å². The van der Waals surface area contributed by atoms with Gasteiger partial charge in [-0.25, -0.2) is 9.97 Å². The van der Waals surface area contributed by atoms with Gasteiger partial charge in [0.05, 0.1) is 11.7 Å². The van der Waals surface area contributed by atoms with Gasteiger partial charge in [0.1, 0.15) is 6.61 Å². The number of aromatic nitrogens is 2. The van der Waals surface area contributed by atoms with Gasteiger partial charge in [-0.1, -0.05) is 0 Å². The Hall–Kier alpha value is -1.94. The molecule has 2 N–H and O–H groups in total. The molecule has 2 heterocycles. The summed E-state index contributed by atoms with van der Waals surface area (Å²) in [6.45, 7) is 1.82. The Morgan fingerprint density at radius 1 is 1.19 bits per heavy atom. The molecule has 144 valence electrons. The Balaban J connectivity index is 1.47. The first-order valence-corrected chi connectivity index (χ1v) is 8.64. The van der Waals surface area contributed by atoms with Gasteiger partial charge >= 0.3 is 6.18 Å². The Bertz CT molecular complexity index is 617. The fraction of sp³-hybridized carbons (Fsp3) is 0.688. The van der Waals surface area contributed by atoms with E-state index in [1.807, 2.05) is 0 Å². The monoisotopic (exact) mass is 373 g/mol. The van der Waals surface area contributed by atoms with E-state index in [4.69, 9.17) is 10.5 Å². The molecule has 0 bridgehead atoms. The van der Waals surface area contributed by atoms with E-state index in [-0.39, 0.29) is 30.6 Å². The summed E-state index contributed by atoms with van der Waals surface area (Å²) in [4.78, 5) is 23.3. The predicted molar refractivity (Wildman–Crippen MR) is 87.4 cm³/mol. The van der Waals surface area contributed by atoms with Crippen LogP contribution in [0, 0.1) is 0 Å². The van der Waals surface area contributed by atoms with Gasteiger partial charge in [0.25, 0.3) is 0 Å². The Labute approximate surface area is 149 Å². The predicted octanol–water partition coefficient (Wildman–Crippen LogP) is 1.04. The lowest BCUT2D eigenvalue weighted by Crippen LogP contribution is -2.50. The lowest BCUT2D eigenvalue weighted by atomic mass is 10.2. The maximum Gasteiger partial charge on any atom is 0.419 e. The van der Waals surface area contributed by atoms with Crippen LogP contribution in [0.4, 0.5) is 19.1 Å². The minimum absolute atomic E-state index is 0.00327. The quantitative estimate of drug-likeness (QED) is 0.849. The van der Waals surface area contributed by atoms with Gasteiger partial charge in [0.15, 0.2) is 0 Å². The first kappa shape index (κ1) is 18.8. The number of hydrogen-bond acceptors (Lipinski definition) is 6. The molecule has 2 aliphatic rings. The Morgan fingerprint density at radius 3 is 2.38 bits per heavy atom. The number of piperazine rings is 1. The number of alkyl halides is 3. The number of nitrogens with zero attached hydrogens (tertiary/aromatic N) is 4. The standard InChI is InChI=1S/C16H22F3N5O2/c17-16(18,19)11-8-21-15(22-9-11)24-6-4-23(5-7-24)14(25)10-26-13-3-1-2-12(13)20/h8-9,12-13H,1-7,10,20H2/t12-,13-/m1/s1. The summed E-state index contributed by atoms with van der Waals surface area (Å²) in [6, 6.07) is -0.00327. The summed E-state index contributed by atoms with van der Waals surface area (Å²) in [5.74, 6) is 0.135. The van der Waals surface area contributed by atoms with E-state index in [2.05, 4.69) is 9.97 Å². The van der Waals surface area contributed by atoms with Crippen LogP contribution in [-0.4, -0.2) is 65.7 Å². The minimum Gasteiger partial charge on any atom is -0.367 e. The molecule has 0 radical (unpaired) electrons. The van der Waals surface area contributed by atoms with Gasteiger partial charge in [0.2, 0.25) is 11.9 Å². The topological polar surface area (TPSA) is 84.6 Å². The van der Waals surface area contributed by atoms with E-state index < -0.39 is 11.7 Å². The van der Waals surface area contributed by atoms with E-state index in [0.717, 1.165) is 31.7 Å². The van der Waals surface area contributed by atoms with Crippen molar-refractivity contribution in [3.05, 3.63) is 18.0 Å². The highest BCUT2D eigenvalue weighted by Crippen LogP contribution is 2.28. The molecule has 1 aliphatic carbocycles. The number of rotatable bonds is 4. The number of ether oxygens (including phenoxy) is 1. The molecule has 1 aliphatic heterocycles. The smallest absolute Gasteiger partial charge is 0.367 e. The fourth-order valence-corrected chi connectivity index (χ4v) is 3.22. The molecule has 2 fully saturated rings. The molecule has 0 aromatic carbocycles. The van der Waals surface area contributed by atoms with Gasteiger partial charge in [-0.15, -0.1) is 0 Å². The molecule has 7 nitrogen and oxygen atoms in total. The summed E-state index contributed by atoms with van der Waals surface area (Å²) < 4.78 is 43.3. The maximum absolute atomic E-state index is 12.6. The third-order valence-corrected chi connectivity index (χ3v) is 4.81. The number of anilines is 1. The molecule has 26 heavy (non-hydrogen) atoms. The molecule has 1 aromatic rings. The van der Waals surface area contributed by atoms with Crippen LogP contribution in [0.2, 0.25) is 0 Å². The number of carbonyl (C=O) groups is 1. The average Bonchev–Trinajstić information content (AvgIpc) is 3.04. The largest absolute Gasteiger partial charge is 0.419 e. The van der Waals surface area contributed by atoms with Crippen molar-refractivity contribution in [1.82, 2.24) is 14.9 Å². The molecule has 0 spiro atoms. The normalized spacial score (nSPS) is 24.2. The molecule has 3 rings (SSSR count). The maximum atomic E-state index is 12.6. The van der Waals surface area contributed by atoms with E-state index in [1.165, 1.54) is 0 Å². The highest BCUT2D eigenvalue weighted by Gasteiger charge is 2.32. The van der Waals surface area contributed by atoms with Gasteiger partial charge in [-0.05, 0) is 19.3 Å². The second-order valence-corrected chi connectivity index (χ2v) is 6.58. The highest BCUT2D eigenvalue weighted by atomic mass is 19.4. The van der Waals surface area contributed by atoms with E-state index in [1.54, 1.807) is 9.80 Å². The van der Waals surface area contributed by atoms with Crippen molar-refractivity contribution in [2.24, 2.45) is 5.73 Å². The molecular formula is C16H22F3N5O2. The number of amides is 1. The Morgan fingerprint density at radius 2 is 1.85 bits per heavy atom.